The number of nitrogens with zero attached hydrogens (tertiary/aromatic N) is 2. The summed E-state index contributed by atoms with van der Waals surface area (Å²) in [4.78, 5) is 18.8. The highest BCUT2D eigenvalue weighted by atomic mass is 32.1. The molecular formula is C24H31N3O3S. The number of carbonyl (C=O) groups excluding carboxylic acids is 1. The van der Waals surface area contributed by atoms with E-state index in [0.29, 0.717) is 17.5 Å². The van der Waals surface area contributed by atoms with Crippen molar-refractivity contribution in [1.29, 1.82) is 0 Å². The van der Waals surface area contributed by atoms with Gasteiger partial charge in [0.15, 0.2) is 4.96 Å². The van der Waals surface area contributed by atoms with E-state index in [1.54, 1.807) is 0 Å². The summed E-state index contributed by atoms with van der Waals surface area (Å²) in [5.74, 6) is 1.53. The van der Waals surface area contributed by atoms with E-state index in [2.05, 4.69) is 21.9 Å². The second-order valence-corrected chi connectivity index (χ2v) is 9.31. The molecule has 6 nitrogen and oxygen atoms in total. The van der Waals surface area contributed by atoms with E-state index in [1.165, 1.54) is 30.6 Å². The van der Waals surface area contributed by atoms with Crippen LogP contribution in [0.4, 0.5) is 5.82 Å². The molecule has 0 aliphatic heterocycles. The molecular weight excluding hydrogens is 410 g/mol. The summed E-state index contributed by atoms with van der Waals surface area (Å²) in [6, 6.07) is 8.50. The lowest BCUT2D eigenvalue weighted by Gasteiger charge is -2.24. The Morgan fingerprint density at radius 3 is 2.58 bits per heavy atom. The van der Waals surface area contributed by atoms with Gasteiger partial charge in [-0.15, -0.1) is 0 Å². The number of imidazole rings is 1. The van der Waals surface area contributed by atoms with Crippen LogP contribution in [0.25, 0.3) is 16.2 Å². The molecule has 0 unspecified atom stereocenters. The maximum atomic E-state index is 12.4. The third-order valence-electron chi connectivity index (χ3n) is 5.61. The number of aromatic nitrogens is 2. The topological polar surface area (TPSA) is 64.9 Å². The van der Waals surface area contributed by atoms with E-state index in [-0.39, 0.29) is 12.1 Å². The van der Waals surface area contributed by atoms with Gasteiger partial charge < -0.3 is 14.8 Å². The van der Waals surface area contributed by atoms with Gasteiger partial charge in [0.05, 0.1) is 12.7 Å². The van der Waals surface area contributed by atoms with Crippen LogP contribution in [-0.4, -0.2) is 34.1 Å². The van der Waals surface area contributed by atoms with Crippen molar-refractivity contribution in [3.05, 3.63) is 34.8 Å². The average Bonchev–Trinajstić information content (AvgIpc) is 3.26. The molecule has 166 valence electrons. The lowest BCUT2D eigenvalue weighted by molar-refractivity contribution is 0.0531. The fraction of sp³-hybridized carbons (Fsp3) is 0.500. The predicted octanol–water partition coefficient (Wildman–Crippen LogP) is 6.08. The van der Waals surface area contributed by atoms with Gasteiger partial charge >= 0.3 is 5.97 Å². The quantitative estimate of drug-likeness (QED) is 0.450. The smallest absolute Gasteiger partial charge is 0.350 e. The predicted molar refractivity (Wildman–Crippen MR) is 125 cm³/mol. The van der Waals surface area contributed by atoms with E-state index >= 15 is 0 Å². The third-order valence-corrected chi connectivity index (χ3v) is 6.73. The first-order valence-electron chi connectivity index (χ1n) is 11.2. The summed E-state index contributed by atoms with van der Waals surface area (Å²) in [5, 5.41) is 3.77. The number of nitrogens with one attached hydrogen (secondary N) is 1. The van der Waals surface area contributed by atoms with E-state index in [4.69, 9.17) is 14.5 Å². The highest BCUT2D eigenvalue weighted by Crippen LogP contribution is 2.37. The minimum absolute atomic E-state index is 0.135. The Morgan fingerprint density at radius 1 is 1.23 bits per heavy atom. The van der Waals surface area contributed by atoms with E-state index < -0.39 is 0 Å². The molecule has 0 saturated heterocycles. The Balaban J connectivity index is 1.76. The number of carbonyl (C=O) groups is 1. The first kappa shape index (κ1) is 21.7. The molecule has 1 fully saturated rings. The van der Waals surface area contributed by atoms with Crippen LogP contribution < -0.4 is 10.1 Å². The van der Waals surface area contributed by atoms with Crippen LogP contribution in [0.5, 0.6) is 5.75 Å². The lowest BCUT2D eigenvalue weighted by atomic mass is 9.95. The fourth-order valence-corrected chi connectivity index (χ4v) is 5.19. The molecule has 0 bridgehead atoms. The molecule has 4 rings (SSSR count). The van der Waals surface area contributed by atoms with E-state index in [9.17, 15) is 4.79 Å². The number of hydrogen-bond donors (Lipinski definition) is 1. The molecule has 1 aliphatic rings. The Labute approximate surface area is 187 Å². The Morgan fingerprint density at radius 2 is 1.94 bits per heavy atom. The number of ether oxygens (including phenoxy) is 2. The van der Waals surface area contributed by atoms with Crippen molar-refractivity contribution in [2.45, 2.75) is 71.9 Å². The zero-order valence-corrected chi connectivity index (χ0v) is 19.6. The number of thiazole rings is 1. The van der Waals surface area contributed by atoms with Crippen molar-refractivity contribution in [3.63, 3.8) is 0 Å². The zero-order valence-electron chi connectivity index (χ0n) is 18.7. The highest BCUT2D eigenvalue weighted by molar-refractivity contribution is 7.19. The Kier molecular flexibility index (Phi) is 6.51. The normalized spacial score (nSPS) is 14.9. The molecule has 2 heterocycles. The number of anilines is 1. The maximum absolute atomic E-state index is 12.4. The average molecular weight is 442 g/mol. The SMILES string of the molecule is CCOC(=O)c1sc2nc(-c3ccc(OC(C)C)cc3)c(NC3CCCCC3)n2c1C. The van der Waals surface area contributed by atoms with Gasteiger partial charge in [0.25, 0.3) is 0 Å². The molecule has 2 aromatic heterocycles. The number of rotatable bonds is 7. The van der Waals surface area contributed by atoms with Crippen molar-refractivity contribution in [2.75, 3.05) is 11.9 Å². The number of fused-ring (bicyclic) bond motifs is 1. The summed E-state index contributed by atoms with van der Waals surface area (Å²) in [7, 11) is 0. The number of aryl methyl sites for hydroxylation is 1. The summed E-state index contributed by atoms with van der Waals surface area (Å²) >= 11 is 1.39. The third kappa shape index (κ3) is 4.56. The molecule has 7 heteroatoms. The van der Waals surface area contributed by atoms with Crippen molar-refractivity contribution >= 4 is 28.1 Å². The first-order valence-corrected chi connectivity index (χ1v) is 12.0. The van der Waals surface area contributed by atoms with Crippen LogP contribution in [0.15, 0.2) is 24.3 Å². The molecule has 0 radical (unpaired) electrons. The summed E-state index contributed by atoms with van der Waals surface area (Å²) < 4.78 is 13.1. The van der Waals surface area contributed by atoms with Crippen LogP contribution in [0, 0.1) is 6.92 Å². The van der Waals surface area contributed by atoms with Crippen molar-refractivity contribution in [1.82, 2.24) is 9.38 Å². The number of benzene rings is 1. The summed E-state index contributed by atoms with van der Waals surface area (Å²) in [5.41, 5.74) is 2.81. The van der Waals surface area contributed by atoms with Gasteiger partial charge in [-0.1, -0.05) is 30.6 Å². The molecule has 1 aromatic carbocycles. The second kappa shape index (κ2) is 9.30. The Bertz CT molecular complexity index is 1050. The van der Waals surface area contributed by atoms with Gasteiger partial charge in [-0.2, -0.15) is 0 Å². The molecule has 3 aromatic rings. The Hall–Kier alpha value is -2.54. The van der Waals surface area contributed by atoms with Crippen LogP contribution in [0.2, 0.25) is 0 Å². The summed E-state index contributed by atoms with van der Waals surface area (Å²) in [6.45, 7) is 8.20. The first-order chi connectivity index (χ1) is 15.0. The van der Waals surface area contributed by atoms with Crippen LogP contribution in [0.3, 0.4) is 0 Å². The van der Waals surface area contributed by atoms with Crippen LogP contribution >= 0.6 is 11.3 Å². The molecule has 1 aliphatic carbocycles. The zero-order chi connectivity index (χ0) is 22.0. The highest BCUT2D eigenvalue weighted by Gasteiger charge is 2.25. The molecule has 0 amide bonds. The maximum Gasteiger partial charge on any atom is 0.350 e. The van der Waals surface area contributed by atoms with Gasteiger partial charge in [0.2, 0.25) is 0 Å². The van der Waals surface area contributed by atoms with Gasteiger partial charge in [-0.05, 0) is 64.8 Å². The molecule has 0 atom stereocenters. The molecule has 31 heavy (non-hydrogen) atoms. The summed E-state index contributed by atoms with van der Waals surface area (Å²) in [6.07, 6.45) is 6.23. The number of hydrogen-bond acceptors (Lipinski definition) is 6. The molecule has 0 spiro atoms. The van der Waals surface area contributed by atoms with Crippen LogP contribution in [-0.2, 0) is 4.74 Å². The number of esters is 1. The standard InChI is InChI=1S/C24H31N3O3S/c1-5-29-23(28)21-16(4)27-22(25-18-9-7-6-8-10-18)20(26-24(27)31-21)17-11-13-19(14-12-17)30-15(2)3/h11-15,18,25H,5-10H2,1-4H3. The van der Waals surface area contributed by atoms with Gasteiger partial charge in [-0.3, -0.25) is 4.40 Å². The van der Waals surface area contributed by atoms with E-state index in [0.717, 1.165) is 46.3 Å². The van der Waals surface area contributed by atoms with Crippen LogP contribution in [0.1, 0.15) is 68.2 Å². The van der Waals surface area contributed by atoms with E-state index in [1.807, 2.05) is 39.8 Å². The van der Waals surface area contributed by atoms with Crippen molar-refractivity contribution < 1.29 is 14.3 Å². The second-order valence-electron chi connectivity index (χ2n) is 8.33. The monoisotopic (exact) mass is 441 g/mol. The van der Waals surface area contributed by atoms with Gasteiger partial charge in [0, 0.05) is 17.3 Å². The van der Waals surface area contributed by atoms with Gasteiger partial charge in [0.1, 0.15) is 22.1 Å². The largest absolute Gasteiger partial charge is 0.491 e. The minimum atomic E-state index is -0.282. The molecule has 1 saturated carbocycles. The molecule has 1 N–H and O–H groups in total. The minimum Gasteiger partial charge on any atom is -0.491 e. The van der Waals surface area contributed by atoms with Crippen molar-refractivity contribution in [2.24, 2.45) is 0 Å². The van der Waals surface area contributed by atoms with Crippen molar-refractivity contribution in [3.8, 4) is 17.0 Å². The van der Waals surface area contributed by atoms with Gasteiger partial charge in [-0.25, -0.2) is 9.78 Å². The fourth-order valence-electron chi connectivity index (χ4n) is 4.17. The lowest BCUT2D eigenvalue weighted by Crippen LogP contribution is -2.23.